The normalized spacial score (nSPS) is 11.1. The lowest BCUT2D eigenvalue weighted by atomic mass is 10.1. The van der Waals surface area contributed by atoms with Crippen molar-refractivity contribution in [1.82, 2.24) is 9.88 Å². The number of rotatable bonds is 6. The Kier molecular flexibility index (Phi) is 4.78. The number of hydrogen-bond acceptors (Lipinski definition) is 5. The van der Waals surface area contributed by atoms with Gasteiger partial charge in [-0.25, -0.2) is 9.78 Å². The molecule has 0 unspecified atom stereocenters. The Morgan fingerprint density at radius 3 is 2.75 bits per heavy atom. The van der Waals surface area contributed by atoms with Crippen LogP contribution >= 0.6 is 11.3 Å². The Morgan fingerprint density at radius 1 is 1.25 bits per heavy atom. The largest absolute Gasteiger partial charge is 0.482 e. The van der Waals surface area contributed by atoms with Crippen molar-refractivity contribution >= 4 is 27.5 Å². The number of carbonyl (C=O) groups is 1. The number of hydrogen-bond donors (Lipinski definition) is 1. The summed E-state index contributed by atoms with van der Waals surface area (Å²) in [4.78, 5) is 17.4. The zero-order valence-corrected chi connectivity index (χ0v) is 14.3. The van der Waals surface area contributed by atoms with Gasteiger partial charge < -0.3 is 14.7 Å². The van der Waals surface area contributed by atoms with Gasteiger partial charge in [-0.3, -0.25) is 0 Å². The lowest BCUT2D eigenvalue weighted by Gasteiger charge is -2.15. The number of benzene rings is 2. The summed E-state index contributed by atoms with van der Waals surface area (Å²) < 4.78 is 6.55. The van der Waals surface area contributed by atoms with Crippen molar-refractivity contribution in [1.29, 1.82) is 0 Å². The smallest absolute Gasteiger partial charge is 0.341 e. The van der Waals surface area contributed by atoms with E-state index in [9.17, 15) is 4.79 Å². The molecule has 0 aliphatic carbocycles. The molecule has 0 spiro atoms. The maximum atomic E-state index is 10.8. The zero-order chi connectivity index (χ0) is 17.1. The van der Waals surface area contributed by atoms with Gasteiger partial charge in [-0.15, -0.1) is 11.3 Å². The van der Waals surface area contributed by atoms with Gasteiger partial charge in [0.05, 0.1) is 10.2 Å². The fourth-order valence-electron chi connectivity index (χ4n) is 2.45. The van der Waals surface area contributed by atoms with Gasteiger partial charge in [-0.2, -0.15) is 0 Å². The lowest BCUT2D eigenvalue weighted by Crippen LogP contribution is -2.14. The summed E-state index contributed by atoms with van der Waals surface area (Å²) in [6.07, 6.45) is 0. The number of aliphatic carboxylic acids is 1. The first-order valence-corrected chi connectivity index (χ1v) is 8.33. The molecule has 5 nitrogen and oxygen atoms in total. The van der Waals surface area contributed by atoms with Crippen LogP contribution in [0.15, 0.2) is 42.5 Å². The molecule has 6 heteroatoms. The predicted octanol–water partition coefficient (Wildman–Crippen LogP) is 3.49. The van der Waals surface area contributed by atoms with Crippen molar-refractivity contribution < 1.29 is 14.6 Å². The molecule has 0 saturated carbocycles. The van der Waals surface area contributed by atoms with Crippen LogP contribution in [0.25, 0.3) is 20.8 Å². The van der Waals surface area contributed by atoms with Crippen LogP contribution in [-0.4, -0.2) is 41.7 Å². The highest BCUT2D eigenvalue weighted by Gasteiger charge is 2.12. The molecule has 0 saturated heterocycles. The predicted molar refractivity (Wildman–Crippen MR) is 95.6 cm³/mol. The van der Waals surface area contributed by atoms with E-state index in [0.29, 0.717) is 12.3 Å². The molecule has 24 heavy (non-hydrogen) atoms. The average Bonchev–Trinajstić information content (AvgIpc) is 2.97. The molecule has 3 rings (SSSR count). The van der Waals surface area contributed by atoms with Crippen molar-refractivity contribution in [2.24, 2.45) is 0 Å². The van der Waals surface area contributed by atoms with Crippen LogP contribution in [0.3, 0.4) is 0 Å². The topological polar surface area (TPSA) is 62.7 Å². The molecule has 0 atom stereocenters. The number of fused-ring (bicyclic) bond motifs is 1. The molecule has 0 aliphatic heterocycles. The second-order valence-electron chi connectivity index (χ2n) is 5.73. The number of thiazole rings is 1. The maximum absolute atomic E-state index is 10.8. The van der Waals surface area contributed by atoms with Gasteiger partial charge in [0.15, 0.2) is 6.61 Å². The van der Waals surface area contributed by atoms with Crippen molar-refractivity contribution in [3.63, 3.8) is 0 Å². The molecule has 0 fully saturated rings. The lowest BCUT2D eigenvalue weighted by molar-refractivity contribution is -0.139. The summed E-state index contributed by atoms with van der Waals surface area (Å²) in [6.45, 7) is 0.314. The van der Waals surface area contributed by atoms with E-state index in [1.54, 1.807) is 11.3 Å². The van der Waals surface area contributed by atoms with Crippen LogP contribution in [-0.2, 0) is 11.3 Å². The number of carboxylic acids is 1. The molecule has 1 N–H and O–H groups in total. The standard InChI is InChI=1S/C18H18N2O3S/c1-20(2)10-13-9-12(7-8-15(13)23-11-17(21)22)18-19-14-5-3-4-6-16(14)24-18/h3-9H,10-11H2,1-2H3,(H,21,22). The Morgan fingerprint density at radius 2 is 2.04 bits per heavy atom. The van der Waals surface area contributed by atoms with E-state index in [0.717, 1.165) is 26.4 Å². The summed E-state index contributed by atoms with van der Waals surface area (Å²) >= 11 is 1.64. The first-order valence-electron chi connectivity index (χ1n) is 7.51. The molecular formula is C18H18N2O3S. The molecule has 1 aromatic heterocycles. The van der Waals surface area contributed by atoms with Gasteiger partial charge in [0, 0.05) is 17.7 Å². The molecule has 3 aromatic rings. The van der Waals surface area contributed by atoms with Crippen molar-refractivity contribution in [3.05, 3.63) is 48.0 Å². The minimum atomic E-state index is -0.985. The van der Waals surface area contributed by atoms with Crippen LogP contribution in [0.1, 0.15) is 5.56 Å². The van der Waals surface area contributed by atoms with Crippen LogP contribution in [0.2, 0.25) is 0 Å². The second-order valence-corrected chi connectivity index (χ2v) is 6.76. The Labute approximate surface area is 144 Å². The van der Waals surface area contributed by atoms with E-state index >= 15 is 0 Å². The molecule has 0 aliphatic rings. The van der Waals surface area contributed by atoms with Crippen molar-refractivity contribution in [2.75, 3.05) is 20.7 Å². The third-order valence-electron chi connectivity index (χ3n) is 3.44. The Bertz CT molecular complexity index is 841. The van der Waals surface area contributed by atoms with Crippen LogP contribution in [0.5, 0.6) is 5.75 Å². The number of ether oxygens (including phenoxy) is 1. The molecule has 1 heterocycles. The number of carboxylic acid groups (broad SMARTS) is 1. The zero-order valence-electron chi connectivity index (χ0n) is 13.5. The summed E-state index contributed by atoms with van der Waals surface area (Å²) in [5, 5.41) is 9.76. The highest BCUT2D eigenvalue weighted by molar-refractivity contribution is 7.21. The molecule has 2 aromatic carbocycles. The molecular weight excluding hydrogens is 324 g/mol. The highest BCUT2D eigenvalue weighted by atomic mass is 32.1. The number of nitrogens with zero attached hydrogens (tertiary/aromatic N) is 2. The second kappa shape index (κ2) is 6.98. The van der Waals surface area contributed by atoms with Gasteiger partial charge in [-0.1, -0.05) is 12.1 Å². The fourth-order valence-corrected chi connectivity index (χ4v) is 3.41. The van der Waals surface area contributed by atoms with E-state index in [4.69, 9.17) is 9.84 Å². The van der Waals surface area contributed by atoms with E-state index in [1.807, 2.05) is 55.4 Å². The Hall–Kier alpha value is -2.44. The van der Waals surface area contributed by atoms with Gasteiger partial charge >= 0.3 is 5.97 Å². The maximum Gasteiger partial charge on any atom is 0.341 e. The SMILES string of the molecule is CN(C)Cc1cc(-c2nc3ccccc3s2)ccc1OCC(=O)O. The number of para-hydroxylation sites is 1. The first kappa shape index (κ1) is 16.4. The average molecular weight is 342 g/mol. The van der Waals surface area contributed by atoms with Gasteiger partial charge in [0.2, 0.25) is 0 Å². The molecule has 0 radical (unpaired) electrons. The highest BCUT2D eigenvalue weighted by Crippen LogP contribution is 2.33. The van der Waals surface area contributed by atoms with Crippen LogP contribution in [0, 0.1) is 0 Å². The van der Waals surface area contributed by atoms with Crippen molar-refractivity contribution in [2.45, 2.75) is 6.54 Å². The van der Waals surface area contributed by atoms with Crippen LogP contribution < -0.4 is 4.74 Å². The van der Waals surface area contributed by atoms with E-state index in [2.05, 4.69) is 11.1 Å². The minimum Gasteiger partial charge on any atom is -0.482 e. The Balaban J connectivity index is 1.97. The van der Waals surface area contributed by atoms with Gasteiger partial charge in [0.1, 0.15) is 10.8 Å². The third-order valence-corrected chi connectivity index (χ3v) is 4.52. The number of aromatic nitrogens is 1. The third kappa shape index (κ3) is 3.72. The molecule has 124 valence electrons. The van der Waals surface area contributed by atoms with E-state index in [-0.39, 0.29) is 6.61 Å². The summed E-state index contributed by atoms with van der Waals surface area (Å²) in [5.41, 5.74) is 2.94. The molecule has 0 amide bonds. The van der Waals surface area contributed by atoms with Gasteiger partial charge in [0.25, 0.3) is 0 Å². The first-order chi connectivity index (χ1) is 11.5. The van der Waals surface area contributed by atoms with Crippen LogP contribution in [0.4, 0.5) is 0 Å². The quantitative estimate of drug-likeness (QED) is 0.743. The van der Waals surface area contributed by atoms with E-state index < -0.39 is 5.97 Å². The summed E-state index contributed by atoms with van der Waals surface area (Å²) in [6, 6.07) is 13.8. The van der Waals surface area contributed by atoms with Crippen molar-refractivity contribution in [3.8, 4) is 16.3 Å². The van der Waals surface area contributed by atoms with E-state index in [1.165, 1.54) is 0 Å². The summed E-state index contributed by atoms with van der Waals surface area (Å²) in [7, 11) is 3.93. The van der Waals surface area contributed by atoms with Gasteiger partial charge in [-0.05, 0) is 44.4 Å². The summed E-state index contributed by atoms with van der Waals surface area (Å²) in [5.74, 6) is -0.392. The fraction of sp³-hybridized carbons (Fsp3) is 0.222. The minimum absolute atomic E-state index is 0.346. The molecule has 0 bridgehead atoms. The monoisotopic (exact) mass is 342 g/mol.